The maximum atomic E-state index is 5.96. The maximum absolute atomic E-state index is 5.96. The molecule has 3 aromatic rings. The average Bonchev–Trinajstić information content (AvgIpc) is 2.97. The van der Waals surface area contributed by atoms with Gasteiger partial charge in [0, 0.05) is 11.3 Å². The number of anilines is 1. The first-order valence-corrected chi connectivity index (χ1v) is 7.26. The molecule has 1 unspecified atom stereocenters. The van der Waals surface area contributed by atoms with Crippen molar-refractivity contribution in [2.24, 2.45) is 0 Å². The molecular weight excluding hydrogens is 274 g/mol. The highest BCUT2D eigenvalue weighted by molar-refractivity contribution is 5.64. The minimum Gasteiger partial charge on any atom is -0.484 e. The van der Waals surface area contributed by atoms with E-state index >= 15 is 0 Å². The van der Waals surface area contributed by atoms with Crippen LogP contribution in [0.5, 0.6) is 5.75 Å². The Morgan fingerprint density at radius 3 is 2.68 bits per heavy atom. The number of hydrogen-bond acceptors (Lipinski definition) is 3. The Morgan fingerprint density at radius 1 is 1.09 bits per heavy atom. The number of aryl methyl sites for hydroxylation is 1. The number of aromatic amines is 1. The summed E-state index contributed by atoms with van der Waals surface area (Å²) in [6.45, 7) is 4.05. The van der Waals surface area contributed by atoms with Gasteiger partial charge in [-0.1, -0.05) is 24.3 Å². The predicted molar refractivity (Wildman–Crippen MR) is 88.7 cm³/mol. The van der Waals surface area contributed by atoms with E-state index in [2.05, 4.69) is 10.2 Å². The Morgan fingerprint density at radius 2 is 1.91 bits per heavy atom. The topological polar surface area (TPSA) is 63.9 Å². The van der Waals surface area contributed by atoms with Gasteiger partial charge in [0.2, 0.25) is 0 Å². The number of nitrogens with one attached hydrogen (secondary N) is 1. The smallest absolute Gasteiger partial charge is 0.137 e. The molecule has 0 saturated carbocycles. The van der Waals surface area contributed by atoms with Crippen LogP contribution in [0.25, 0.3) is 11.3 Å². The van der Waals surface area contributed by atoms with E-state index in [0.29, 0.717) is 0 Å². The van der Waals surface area contributed by atoms with E-state index in [1.165, 1.54) is 5.56 Å². The van der Waals surface area contributed by atoms with Crippen LogP contribution < -0.4 is 10.5 Å². The zero-order valence-corrected chi connectivity index (χ0v) is 12.7. The van der Waals surface area contributed by atoms with Gasteiger partial charge in [0.15, 0.2) is 0 Å². The summed E-state index contributed by atoms with van der Waals surface area (Å²) >= 11 is 0. The second kappa shape index (κ2) is 5.93. The fourth-order valence-corrected chi connectivity index (χ4v) is 2.35. The van der Waals surface area contributed by atoms with E-state index < -0.39 is 0 Å². The minimum absolute atomic E-state index is 0.107. The van der Waals surface area contributed by atoms with Crippen molar-refractivity contribution in [3.8, 4) is 17.0 Å². The zero-order valence-electron chi connectivity index (χ0n) is 12.7. The Balaban J connectivity index is 1.78. The first-order chi connectivity index (χ1) is 10.6. The molecule has 4 heteroatoms. The van der Waals surface area contributed by atoms with E-state index in [1.807, 2.05) is 68.4 Å². The third kappa shape index (κ3) is 3.11. The number of H-pyrrole nitrogens is 1. The van der Waals surface area contributed by atoms with Crippen molar-refractivity contribution < 1.29 is 4.74 Å². The van der Waals surface area contributed by atoms with Crippen LogP contribution in [0.3, 0.4) is 0 Å². The van der Waals surface area contributed by atoms with Crippen molar-refractivity contribution in [2.45, 2.75) is 20.0 Å². The molecule has 1 heterocycles. The highest BCUT2D eigenvalue weighted by atomic mass is 16.5. The lowest BCUT2D eigenvalue weighted by molar-refractivity contribution is 0.221. The molecule has 3 N–H and O–H groups in total. The van der Waals surface area contributed by atoms with Crippen LogP contribution in [0.15, 0.2) is 54.6 Å². The second-order valence-corrected chi connectivity index (χ2v) is 5.41. The Labute approximate surface area is 129 Å². The molecule has 3 rings (SSSR count). The molecule has 0 radical (unpaired) electrons. The lowest BCUT2D eigenvalue weighted by atomic mass is 10.1. The first kappa shape index (κ1) is 14.2. The monoisotopic (exact) mass is 293 g/mol. The predicted octanol–water partition coefficient (Wildman–Crippen LogP) is 4.11. The largest absolute Gasteiger partial charge is 0.484 e. The molecular formula is C18H19N3O. The van der Waals surface area contributed by atoms with Crippen molar-refractivity contribution in [3.63, 3.8) is 0 Å². The van der Waals surface area contributed by atoms with Gasteiger partial charge in [-0.25, -0.2) is 0 Å². The molecule has 1 atom stereocenters. The van der Waals surface area contributed by atoms with Crippen molar-refractivity contribution in [2.75, 3.05) is 5.73 Å². The molecule has 4 nitrogen and oxygen atoms in total. The maximum Gasteiger partial charge on any atom is 0.137 e. The van der Waals surface area contributed by atoms with Crippen molar-refractivity contribution in [1.29, 1.82) is 0 Å². The highest BCUT2D eigenvalue weighted by Crippen LogP contribution is 2.25. The van der Waals surface area contributed by atoms with Crippen LogP contribution in [0.1, 0.15) is 24.3 Å². The van der Waals surface area contributed by atoms with E-state index in [-0.39, 0.29) is 6.10 Å². The molecule has 0 saturated heterocycles. The third-order valence-electron chi connectivity index (χ3n) is 3.52. The number of nitrogens with two attached hydrogens (primary N) is 1. The summed E-state index contributed by atoms with van der Waals surface area (Å²) in [4.78, 5) is 0. The quantitative estimate of drug-likeness (QED) is 0.712. The molecule has 0 spiro atoms. The lowest BCUT2D eigenvalue weighted by Gasteiger charge is -2.13. The summed E-state index contributed by atoms with van der Waals surface area (Å²) in [7, 11) is 0. The van der Waals surface area contributed by atoms with Crippen LogP contribution in [-0.2, 0) is 0 Å². The molecule has 1 aromatic heterocycles. The van der Waals surface area contributed by atoms with Crippen LogP contribution >= 0.6 is 0 Å². The number of benzene rings is 2. The van der Waals surface area contributed by atoms with Gasteiger partial charge >= 0.3 is 0 Å². The highest BCUT2D eigenvalue weighted by Gasteiger charge is 2.12. The number of nitrogens with zero attached hydrogens (tertiary/aromatic N) is 1. The van der Waals surface area contributed by atoms with Crippen LogP contribution in [-0.4, -0.2) is 10.2 Å². The molecule has 0 bridgehead atoms. The van der Waals surface area contributed by atoms with Gasteiger partial charge in [-0.3, -0.25) is 5.10 Å². The number of aromatic nitrogens is 2. The number of ether oxygens (including phenoxy) is 1. The summed E-state index contributed by atoms with van der Waals surface area (Å²) in [5.41, 5.74) is 10.5. The van der Waals surface area contributed by atoms with Gasteiger partial charge in [0.05, 0.1) is 11.4 Å². The van der Waals surface area contributed by atoms with Gasteiger partial charge in [0.1, 0.15) is 11.9 Å². The SMILES string of the molecule is Cc1cccc(OC(C)c2cc(-c3cccc(N)c3)n[nH]2)c1. The van der Waals surface area contributed by atoms with Gasteiger partial charge in [0.25, 0.3) is 0 Å². The minimum atomic E-state index is -0.107. The summed E-state index contributed by atoms with van der Waals surface area (Å²) < 4.78 is 5.96. The number of hydrogen-bond donors (Lipinski definition) is 2. The molecule has 0 aliphatic carbocycles. The van der Waals surface area contributed by atoms with Gasteiger partial charge in [-0.2, -0.15) is 5.10 Å². The summed E-state index contributed by atoms with van der Waals surface area (Å²) in [5.74, 6) is 0.854. The van der Waals surface area contributed by atoms with Crippen LogP contribution in [0.2, 0.25) is 0 Å². The van der Waals surface area contributed by atoms with Crippen LogP contribution in [0, 0.1) is 6.92 Å². The van der Waals surface area contributed by atoms with Gasteiger partial charge < -0.3 is 10.5 Å². The summed E-state index contributed by atoms with van der Waals surface area (Å²) in [6, 6.07) is 17.7. The normalized spacial score (nSPS) is 12.1. The summed E-state index contributed by atoms with van der Waals surface area (Å²) in [6.07, 6.45) is -0.107. The zero-order chi connectivity index (χ0) is 15.5. The number of nitrogen functional groups attached to an aromatic ring is 1. The summed E-state index contributed by atoms with van der Waals surface area (Å²) in [5, 5.41) is 7.39. The van der Waals surface area contributed by atoms with Crippen molar-refractivity contribution in [1.82, 2.24) is 10.2 Å². The fourth-order valence-electron chi connectivity index (χ4n) is 2.35. The third-order valence-corrected chi connectivity index (χ3v) is 3.52. The van der Waals surface area contributed by atoms with Gasteiger partial charge in [-0.05, 0) is 49.7 Å². The van der Waals surface area contributed by atoms with E-state index in [4.69, 9.17) is 10.5 Å². The standard InChI is InChI=1S/C18H19N3O/c1-12-5-3-8-16(9-12)22-13(2)17-11-18(21-20-17)14-6-4-7-15(19)10-14/h3-11,13H,19H2,1-2H3,(H,20,21). The Hall–Kier alpha value is -2.75. The molecule has 0 aliphatic heterocycles. The molecule has 22 heavy (non-hydrogen) atoms. The number of rotatable bonds is 4. The van der Waals surface area contributed by atoms with E-state index in [1.54, 1.807) is 0 Å². The average molecular weight is 293 g/mol. The molecule has 2 aromatic carbocycles. The second-order valence-electron chi connectivity index (χ2n) is 5.41. The Kier molecular flexibility index (Phi) is 3.83. The first-order valence-electron chi connectivity index (χ1n) is 7.26. The molecule has 0 fully saturated rings. The Bertz CT molecular complexity index is 779. The molecule has 0 amide bonds. The van der Waals surface area contributed by atoms with Crippen molar-refractivity contribution >= 4 is 5.69 Å². The van der Waals surface area contributed by atoms with Crippen LogP contribution in [0.4, 0.5) is 5.69 Å². The molecule has 0 aliphatic rings. The van der Waals surface area contributed by atoms with Crippen molar-refractivity contribution in [3.05, 3.63) is 65.9 Å². The van der Waals surface area contributed by atoms with E-state index in [9.17, 15) is 0 Å². The fraction of sp³-hybridized carbons (Fsp3) is 0.167. The van der Waals surface area contributed by atoms with Gasteiger partial charge in [-0.15, -0.1) is 0 Å². The molecule has 112 valence electrons. The van der Waals surface area contributed by atoms with E-state index in [0.717, 1.165) is 28.4 Å². The lowest BCUT2D eigenvalue weighted by Crippen LogP contribution is -2.03.